The van der Waals surface area contributed by atoms with Gasteiger partial charge in [0.15, 0.2) is 0 Å². The molecule has 1 rings (SSSR count). The molecule has 0 heterocycles. The molecule has 1 aromatic carbocycles. The second-order valence-electron chi connectivity index (χ2n) is 3.65. The van der Waals surface area contributed by atoms with Crippen LogP contribution in [0.5, 0.6) is 0 Å². The molecule has 0 aliphatic heterocycles. The molecule has 84 valence electrons. The van der Waals surface area contributed by atoms with E-state index in [9.17, 15) is 4.39 Å². The van der Waals surface area contributed by atoms with Crippen molar-refractivity contribution >= 4 is 31.9 Å². The van der Waals surface area contributed by atoms with Gasteiger partial charge in [0.25, 0.3) is 0 Å². The minimum atomic E-state index is -0.146. The topological polar surface area (TPSA) is 3.24 Å². The first kappa shape index (κ1) is 13.1. The molecule has 0 aliphatic carbocycles. The number of nitrogens with zero attached hydrogens (tertiary/aromatic N) is 1. The number of halogens is 3. The van der Waals surface area contributed by atoms with Crippen LogP contribution in [0.1, 0.15) is 12.5 Å². The molecule has 1 atom stereocenters. The van der Waals surface area contributed by atoms with Crippen molar-refractivity contribution in [2.45, 2.75) is 19.5 Å². The molecule has 0 aromatic heterocycles. The molecular weight excluding hydrogens is 325 g/mol. The summed E-state index contributed by atoms with van der Waals surface area (Å²) in [4.78, 5) is 2.11. The molecular formula is C11H14Br2FN. The Hall–Kier alpha value is 0.0700. The maximum absolute atomic E-state index is 13.4. The summed E-state index contributed by atoms with van der Waals surface area (Å²) in [7, 11) is 1.99. The Bertz CT molecular complexity index is 330. The molecule has 1 aromatic rings. The van der Waals surface area contributed by atoms with E-state index < -0.39 is 0 Å². The highest BCUT2D eigenvalue weighted by atomic mass is 79.9. The van der Waals surface area contributed by atoms with E-state index in [-0.39, 0.29) is 5.82 Å². The minimum Gasteiger partial charge on any atom is -0.299 e. The van der Waals surface area contributed by atoms with Crippen molar-refractivity contribution in [1.82, 2.24) is 4.90 Å². The van der Waals surface area contributed by atoms with Gasteiger partial charge in [0, 0.05) is 28.0 Å². The van der Waals surface area contributed by atoms with Gasteiger partial charge in [-0.1, -0.05) is 31.9 Å². The Kier molecular flexibility index (Phi) is 5.23. The third-order valence-corrected chi connectivity index (χ3v) is 3.83. The molecule has 0 saturated carbocycles. The maximum atomic E-state index is 13.4. The number of rotatable bonds is 4. The highest BCUT2D eigenvalue weighted by Gasteiger charge is 2.10. The molecule has 0 radical (unpaired) electrons. The monoisotopic (exact) mass is 337 g/mol. The summed E-state index contributed by atoms with van der Waals surface area (Å²) in [6.45, 7) is 2.72. The van der Waals surface area contributed by atoms with Crippen molar-refractivity contribution in [2.24, 2.45) is 0 Å². The maximum Gasteiger partial charge on any atom is 0.127 e. The molecule has 0 spiro atoms. The van der Waals surface area contributed by atoms with Crippen LogP contribution in [0.4, 0.5) is 4.39 Å². The van der Waals surface area contributed by atoms with Crippen LogP contribution in [0.3, 0.4) is 0 Å². The fourth-order valence-corrected chi connectivity index (χ4v) is 2.11. The molecule has 15 heavy (non-hydrogen) atoms. The van der Waals surface area contributed by atoms with Crippen molar-refractivity contribution in [3.63, 3.8) is 0 Å². The predicted molar refractivity (Wildman–Crippen MR) is 68.8 cm³/mol. The van der Waals surface area contributed by atoms with Crippen LogP contribution in [0.15, 0.2) is 22.7 Å². The quantitative estimate of drug-likeness (QED) is 0.755. The first-order valence-corrected chi connectivity index (χ1v) is 6.66. The first-order chi connectivity index (χ1) is 7.04. The number of alkyl halides is 1. The summed E-state index contributed by atoms with van der Waals surface area (Å²) in [5, 5.41) is 0.888. The van der Waals surface area contributed by atoms with Crippen molar-refractivity contribution in [1.29, 1.82) is 0 Å². The van der Waals surface area contributed by atoms with Gasteiger partial charge >= 0.3 is 0 Å². The van der Waals surface area contributed by atoms with Gasteiger partial charge in [-0.25, -0.2) is 4.39 Å². The van der Waals surface area contributed by atoms with Crippen LogP contribution in [0.25, 0.3) is 0 Å². The average molecular weight is 339 g/mol. The van der Waals surface area contributed by atoms with E-state index in [0.717, 1.165) is 15.4 Å². The third-order valence-electron chi connectivity index (χ3n) is 2.40. The molecule has 0 amide bonds. The van der Waals surface area contributed by atoms with Crippen molar-refractivity contribution in [3.8, 4) is 0 Å². The fourth-order valence-electron chi connectivity index (χ4n) is 1.21. The van der Waals surface area contributed by atoms with Gasteiger partial charge in [-0.05, 0) is 32.2 Å². The summed E-state index contributed by atoms with van der Waals surface area (Å²) in [6, 6.07) is 5.43. The van der Waals surface area contributed by atoms with Crippen molar-refractivity contribution in [2.75, 3.05) is 12.4 Å². The summed E-state index contributed by atoms with van der Waals surface area (Å²) < 4.78 is 14.4. The normalized spacial score (nSPS) is 13.2. The molecule has 1 unspecified atom stereocenters. The second-order valence-corrected chi connectivity index (χ2v) is 5.22. The zero-order valence-electron chi connectivity index (χ0n) is 8.80. The number of hydrogen-bond donors (Lipinski definition) is 0. The molecule has 4 heteroatoms. The lowest BCUT2D eigenvalue weighted by atomic mass is 10.2. The van der Waals surface area contributed by atoms with E-state index in [1.807, 2.05) is 13.1 Å². The highest BCUT2D eigenvalue weighted by molar-refractivity contribution is 9.10. The van der Waals surface area contributed by atoms with E-state index in [2.05, 4.69) is 43.7 Å². The number of benzene rings is 1. The highest BCUT2D eigenvalue weighted by Crippen LogP contribution is 2.17. The lowest BCUT2D eigenvalue weighted by molar-refractivity contribution is 0.267. The third kappa shape index (κ3) is 3.85. The molecule has 0 aliphatic rings. The van der Waals surface area contributed by atoms with E-state index >= 15 is 0 Å². The van der Waals surface area contributed by atoms with Gasteiger partial charge in [0.05, 0.1) is 0 Å². The standard InChI is InChI=1S/C11H14Br2FN/c1-8(6-12)15(2)7-9-5-10(13)3-4-11(9)14/h3-5,8H,6-7H2,1-2H3. The van der Waals surface area contributed by atoms with Gasteiger partial charge in [-0.15, -0.1) is 0 Å². The van der Waals surface area contributed by atoms with Crippen LogP contribution in [0.2, 0.25) is 0 Å². The van der Waals surface area contributed by atoms with Crippen LogP contribution in [0, 0.1) is 5.82 Å². The van der Waals surface area contributed by atoms with E-state index in [0.29, 0.717) is 12.6 Å². The molecule has 0 bridgehead atoms. The van der Waals surface area contributed by atoms with Gasteiger partial charge < -0.3 is 0 Å². The van der Waals surface area contributed by atoms with Crippen molar-refractivity contribution in [3.05, 3.63) is 34.1 Å². The predicted octanol–water partition coefficient (Wildman–Crippen LogP) is 3.80. The van der Waals surface area contributed by atoms with Gasteiger partial charge in [0.1, 0.15) is 5.82 Å². The summed E-state index contributed by atoms with van der Waals surface area (Å²) in [6.07, 6.45) is 0. The Morgan fingerprint density at radius 3 is 2.73 bits per heavy atom. The van der Waals surface area contributed by atoms with Gasteiger partial charge in [0.2, 0.25) is 0 Å². The SMILES string of the molecule is CC(CBr)N(C)Cc1cc(Br)ccc1F. The van der Waals surface area contributed by atoms with Crippen LogP contribution in [-0.4, -0.2) is 23.3 Å². The smallest absolute Gasteiger partial charge is 0.127 e. The summed E-state index contributed by atoms with van der Waals surface area (Å²) in [5.74, 6) is -0.146. The average Bonchev–Trinajstić information content (AvgIpc) is 2.22. The fraction of sp³-hybridized carbons (Fsp3) is 0.455. The van der Waals surface area contributed by atoms with E-state index in [1.165, 1.54) is 6.07 Å². The largest absolute Gasteiger partial charge is 0.299 e. The molecule has 1 nitrogen and oxygen atoms in total. The zero-order valence-corrected chi connectivity index (χ0v) is 12.0. The number of hydrogen-bond acceptors (Lipinski definition) is 1. The van der Waals surface area contributed by atoms with Crippen LogP contribution < -0.4 is 0 Å². The van der Waals surface area contributed by atoms with Crippen molar-refractivity contribution < 1.29 is 4.39 Å². The Morgan fingerprint density at radius 1 is 1.47 bits per heavy atom. The Labute approximate surface area is 107 Å². The zero-order chi connectivity index (χ0) is 11.4. The molecule has 0 fully saturated rings. The molecule has 0 saturated heterocycles. The lowest BCUT2D eigenvalue weighted by Crippen LogP contribution is -2.30. The lowest BCUT2D eigenvalue weighted by Gasteiger charge is -2.23. The summed E-state index contributed by atoms with van der Waals surface area (Å²) >= 11 is 6.76. The van der Waals surface area contributed by atoms with Crippen LogP contribution >= 0.6 is 31.9 Å². The molecule has 0 N–H and O–H groups in total. The van der Waals surface area contributed by atoms with Gasteiger partial charge in [-0.2, -0.15) is 0 Å². The van der Waals surface area contributed by atoms with E-state index in [4.69, 9.17) is 0 Å². The van der Waals surface area contributed by atoms with Crippen LogP contribution in [-0.2, 0) is 6.54 Å². The second kappa shape index (κ2) is 5.97. The van der Waals surface area contributed by atoms with E-state index in [1.54, 1.807) is 6.07 Å². The minimum absolute atomic E-state index is 0.146. The Morgan fingerprint density at radius 2 is 2.13 bits per heavy atom. The first-order valence-electron chi connectivity index (χ1n) is 4.74. The van der Waals surface area contributed by atoms with Gasteiger partial charge in [-0.3, -0.25) is 4.90 Å². The Balaban J connectivity index is 2.75. The summed E-state index contributed by atoms with van der Waals surface area (Å²) in [5.41, 5.74) is 0.722.